The molecule has 4 nitrogen and oxygen atoms in total. The van der Waals surface area contributed by atoms with Crippen LogP contribution >= 0.6 is 0 Å². The van der Waals surface area contributed by atoms with Crippen molar-refractivity contribution >= 4 is 0 Å². The Morgan fingerprint density at radius 1 is 1.00 bits per heavy atom. The van der Waals surface area contributed by atoms with Gasteiger partial charge >= 0.3 is 5.76 Å². The summed E-state index contributed by atoms with van der Waals surface area (Å²) >= 11 is 0. The van der Waals surface area contributed by atoms with Crippen molar-refractivity contribution in [2.75, 3.05) is 0 Å². The van der Waals surface area contributed by atoms with E-state index in [-0.39, 0.29) is 5.82 Å². The molecule has 3 aromatic rings. The average Bonchev–Trinajstić information content (AvgIpc) is 2.84. The van der Waals surface area contributed by atoms with Crippen LogP contribution in [0.4, 0.5) is 4.39 Å². The fraction of sp³-hybridized carbons (Fsp3) is 0.125. The van der Waals surface area contributed by atoms with Crippen molar-refractivity contribution in [2.24, 2.45) is 0 Å². The molecule has 1 aromatic heterocycles. The Balaban J connectivity index is 1.87. The molecule has 2 aromatic carbocycles. The summed E-state index contributed by atoms with van der Waals surface area (Å²) in [6.45, 7) is 0.310. The molecular weight excluding hydrogens is 271 g/mol. The SMILES string of the molecule is O=c1onc(Cc2ccccc2)n1Cc1ccc(F)cc1. The highest BCUT2D eigenvalue weighted by atomic mass is 19.1. The van der Waals surface area contributed by atoms with Gasteiger partial charge in [-0.2, -0.15) is 0 Å². The van der Waals surface area contributed by atoms with Crippen LogP contribution in [0.2, 0.25) is 0 Å². The van der Waals surface area contributed by atoms with Gasteiger partial charge in [0, 0.05) is 6.42 Å². The fourth-order valence-corrected chi connectivity index (χ4v) is 2.13. The third-order valence-electron chi connectivity index (χ3n) is 3.22. The molecule has 0 fully saturated rings. The Hall–Kier alpha value is -2.69. The predicted octanol–water partition coefficient (Wildman–Crippen LogP) is 2.61. The number of hydrogen-bond donors (Lipinski definition) is 0. The van der Waals surface area contributed by atoms with Crippen molar-refractivity contribution in [2.45, 2.75) is 13.0 Å². The highest BCUT2D eigenvalue weighted by Gasteiger charge is 2.11. The Bertz CT molecular complexity index is 776. The zero-order valence-electron chi connectivity index (χ0n) is 11.2. The van der Waals surface area contributed by atoms with Gasteiger partial charge in [0.25, 0.3) is 0 Å². The van der Waals surface area contributed by atoms with E-state index < -0.39 is 5.76 Å². The first-order valence-corrected chi connectivity index (χ1v) is 6.56. The summed E-state index contributed by atoms with van der Waals surface area (Å²) in [5.41, 5.74) is 1.86. The Morgan fingerprint density at radius 2 is 1.71 bits per heavy atom. The van der Waals surface area contributed by atoms with Crippen molar-refractivity contribution < 1.29 is 8.91 Å². The minimum absolute atomic E-state index is 0.305. The van der Waals surface area contributed by atoms with Crippen molar-refractivity contribution in [1.29, 1.82) is 0 Å². The molecule has 0 saturated carbocycles. The largest absolute Gasteiger partial charge is 0.441 e. The average molecular weight is 284 g/mol. The summed E-state index contributed by atoms with van der Waals surface area (Å²) in [5.74, 6) is -0.262. The maximum atomic E-state index is 12.9. The maximum Gasteiger partial charge on any atom is 0.441 e. The molecule has 1 heterocycles. The van der Waals surface area contributed by atoms with Crippen LogP contribution < -0.4 is 5.76 Å². The molecule has 0 bridgehead atoms. The molecule has 106 valence electrons. The van der Waals surface area contributed by atoms with Crippen LogP contribution in [0.1, 0.15) is 17.0 Å². The topological polar surface area (TPSA) is 48.0 Å². The first kappa shape index (κ1) is 13.3. The molecule has 0 atom stereocenters. The molecule has 0 aliphatic rings. The van der Waals surface area contributed by atoms with Crippen molar-refractivity contribution in [3.05, 3.63) is 87.9 Å². The van der Waals surface area contributed by atoms with Crippen LogP contribution in [0.5, 0.6) is 0 Å². The lowest BCUT2D eigenvalue weighted by atomic mass is 10.1. The van der Waals surface area contributed by atoms with E-state index in [0.717, 1.165) is 11.1 Å². The molecule has 0 N–H and O–H groups in total. The number of aromatic nitrogens is 2. The zero-order valence-corrected chi connectivity index (χ0v) is 11.2. The smallest absolute Gasteiger partial charge is 0.296 e. The van der Waals surface area contributed by atoms with Gasteiger partial charge in [0.05, 0.1) is 6.54 Å². The summed E-state index contributed by atoms with van der Waals surface area (Å²) in [5, 5.41) is 3.83. The summed E-state index contributed by atoms with van der Waals surface area (Å²) < 4.78 is 19.1. The van der Waals surface area contributed by atoms with Crippen LogP contribution in [0.15, 0.2) is 63.9 Å². The predicted molar refractivity (Wildman–Crippen MR) is 75.5 cm³/mol. The van der Waals surface area contributed by atoms with E-state index >= 15 is 0 Å². The summed E-state index contributed by atoms with van der Waals surface area (Å²) in [7, 11) is 0. The van der Waals surface area contributed by atoms with Gasteiger partial charge < -0.3 is 0 Å². The van der Waals surface area contributed by atoms with Crippen molar-refractivity contribution in [1.82, 2.24) is 9.72 Å². The summed E-state index contributed by atoms with van der Waals surface area (Å²) in [4.78, 5) is 11.8. The monoisotopic (exact) mass is 284 g/mol. The minimum atomic E-state index is -0.509. The number of hydrogen-bond acceptors (Lipinski definition) is 3. The lowest BCUT2D eigenvalue weighted by Gasteiger charge is -2.05. The van der Waals surface area contributed by atoms with Gasteiger partial charge in [0.2, 0.25) is 0 Å². The van der Waals surface area contributed by atoms with Gasteiger partial charge in [-0.05, 0) is 23.3 Å². The maximum absolute atomic E-state index is 12.9. The lowest BCUT2D eigenvalue weighted by Crippen LogP contribution is -2.18. The molecule has 21 heavy (non-hydrogen) atoms. The van der Waals surface area contributed by atoms with Gasteiger partial charge in [-0.15, -0.1) is 0 Å². The third-order valence-corrected chi connectivity index (χ3v) is 3.22. The van der Waals surface area contributed by atoms with E-state index in [4.69, 9.17) is 4.52 Å². The van der Waals surface area contributed by atoms with Crippen molar-refractivity contribution in [3.8, 4) is 0 Å². The second-order valence-corrected chi connectivity index (χ2v) is 4.74. The first-order valence-electron chi connectivity index (χ1n) is 6.56. The molecule has 0 amide bonds. The molecule has 5 heteroatoms. The Morgan fingerprint density at radius 3 is 2.43 bits per heavy atom. The van der Waals surface area contributed by atoms with Gasteiger partial charge in [-0.25, -0.2) is 9.18 Å². The third kappa shape index (κ3) is 3.08. The molecule has 0 aliphatic heterocycles. The molecule has 0 saturated heterocycles. The molecule has 0 spiro atoms. The highest BCUT2D eigenvalue weighted by Crippen LogP contribution is 2.09. The molecule has 0 unspecified atom stereocenters. The molecule has 3 rings (SSSR count). The van der Waals surface area contributed by atoms with Crippen LogP contribution in [0.25, 0.3) is 0 Å². The van der Waals surface area contributed by atoms with E-state index in [2.05, 4.69) is 5.16 Å². The van der Waals surface area contributed by atoms with Gasteiger partial charge in [0.1, 0.15) is 5.82 Å². The van der Waals surface area contributed by atoms with E-state index in [9.17, 15) is 9.18 Å². The summed E-state index contributed by atoms with van der Waals surface area (Å²) in [6.07, 6.45) is 0.508. The van der Waals surface area contributed by atoms with Gasteiger partial charge in [-0.3, -0.25) is 9.09 Å². The number of nitrogens with zero attached hydrogens (tertiary/aromatic N) is 2. The second kappa shape index (κ2) is 5.75. The van der Waals surface area contributed by atoms with E-state index in [1.807, 2.05) is 30.3 Å². The van der Waals surface area contributed by atoms with E-state index in [0.29, 0.717) is 18.8 Å². The molecular formula is C16H13FN2O2. The zero-order chi connectivity index (χ0) is 14.7. The summed E-state index contributed by atoms with van der Waals surface area (Å²) in [6, 6.07) is 15.7. The van der Waals surface area contributed by atoms with Crippen LogP contribution in [0, 0.1) is 5.82 Å². The first-order chi connectivity index (χ1) is 10.2. The second-order valence-electron chi connectivity index (χ2n) is 4.74. The van der Waals surface area contributed by atoms with Crippen molar-refractivity contribution in [3.63, 3.8) is 0 Å². The molecule has 0 radical (unpaired) electrons. The normalized spacial score (nSPS) is 10.7. The number of benzene rings is 2. The Labute approximate surface area is 120 Å². The number of rotatable bonds is 4. The van der Waals surface area contributed by atoms with Crippen LogP contribution in [0.3, 0.4) is 0 Å². The van der Waals surface area contributed by atoms with Gasteiger partial charge in [-0.1, -0.05) is 47.6 Å². The Kier molecular flexibility index (Phi) is 3.64. The highest BCUT2D eigenvalue weighted by molar-refractivity contribution is 5.20. The fourth-order valence-electron chi connectivity index (χ4n) is 2.13. The van der Waals surface area contributed by atoms with E-state index in [1.54, 1.807) is 12.1 Å². The molecule has 0 aliphatic carbocycles. The van der Waals surface area contributed by atoms with Crippen LogP contribution in [-0.2, 0) is 13.0 Å². The quantitative estimate of drug-likeness (QED) is 0.740. The van der Waals surface area contributed by atoms with Crippen LogP contribution in [-0.4, -0.2) is 9.72 Å². The standard InChI is InChI=1S/C16H13FN2O2/c17-14-8-6-13(7-9-14)11-19-15(18-21-16(19)20)10-12-4-2-1-3-5-12/h1-9H,10-11H2. The van der Waals surface area contributed by atoms with Gasteiger partial charge in [0.15, 0.2) is 5.82 Å². The lowest BCUT2D eigenvalue weighted by molar-refractivity contribution is 0.375. The minimum Gasteiger partial charge on any atom is -0.296 e. The number of halogens is 1. The van der Waals surface area contributed by atoms with E-state index in [1.165, 1.54) is 16.7 Å².